The van der Waals surface area contributed by atoms with E-state index in [1.807, 2.05) is 0 Å². The van der Waals surface area contributed by atoms with Crippen LogP contribution < -0.4 is 5.32 Å². The van der Waals surface area contributed by atoms with Gasteiger partial charge < -0.3 is 0 Å². The third kappa shape index (κ3) is 2.96. The molecular weight excluding hydrogens is 264 g/mol. The Kier molecular flexibility index (Phi) is 3.70. The number of benzene rings is 1. The van der Waals surface area contributed by atoms with E-state index in [0.717, 1.165) is 0 Å². The highest BCUT2D eigenvalue weighted by molar-refractivity contribution is 6.06. The summed E-state index contributed by atoms with van der Waals surface area (Å²) in [5, 5.41) is 27.3. The van der Waals surface area contributed by atoms with Gasteiger partial charge in [0.2, 0.25) is 0 Å². The molecule has 0 atom stereocenters. The topological polar surface area (TPSA) is 122 Å². The molecule has 0 unspecified atom stereocenters. The molecule has 1 amide bonds. The van der Waals surface area contributed by atoms with E-state index >= 15 is 0 Å². The molecule has 0 saturated heterocycles. The first-order chi connectivity index (χ1) is 9.58. The van der Waals surface area contributed by atoms with Gasteiger partial charge in [0.1, 0.15) is 5.70 Å². The Morgan fingerprint density at radius 3 is 2.80 bits per heavy atom. The van der Waals surface area contributed by atoms with Gasteiger partial charge in [-0.05, 0) is 6.07 Å². The second-order valence-corrected chi connectivity index (χ2v) is 3.58. The fourth-order valence-corrected chi connectivity index (χ4v) is 1.31. The number of azo groups is 1. The van der Waals surface area contributed by atoms with Crippen LogP contribution in [0.5, 0.6) is 0 Å². The van der Waals surface area contributed by atoms with Crippen LogP contribution in [0.25, 0.3) is 0 Å². The van der Waals surface area contributed by atoms with Gasteiger partial charge in [-0.15, -0.1) is 15.3 Å². The number of carbonyl (C=O) groups excluding carboxylic acids is 1. The Labute approximate surface area is 112 Å². The summed E-state index contributed by atoms with van der Waals surface area (Å²) in [4.78, 5) is 21.4. The van der Waals surface area contributed by atoms with Crippen LogP contribution in [0.15, 0.2) is 57.0 Å². The average molecular weight is 272 g/mol. The zero-order chi connectivity index (χ0) is 14.5. The van der Waals surface area contributed by atoms with Gasteiger partial charge in [-0.3, -0.25) is 20.2 Å². The van der Waals surface area contributed by atoms with Crippen molar-refractivity contribution in [2.24, 2.45) is 20.4 Å². The minimum atomic E-state index is -0.528. The predicted molar refractivity (Wildman–Crippen MR) is 70.3 cm³/mol. The summed E-state index contributed by atoms with van der Waals surface area (Å²) in [5.74, 6) is -0.642. The molecule has 9 heteroatoms. The summed E-state index contributed by atoms with van der Waals surface area (Å²) in [7, 11) is 0. The first-order valence-electron chi connectivity index (χ1n) is 5.34. The number of nitro benzene ring substituents is 1. The van der Waals surface area contributed by atoms with Gasteiger partial charge in [0, 0.05) is 6.07 Å². The molecule has 1 aliphatic heterocycles. The van der Waals surface area contributed by atoms with E-state index in [9.17, 15) is 14.9 Å². The fourth-order valence-electron chi connectivity index (χ4n) is 1.31. The van der Waals surface area contributed by atoms with E-state index < -0.39 is 10.8 Å². The van der Waals surface area contributed by atoms with Crippen molar-refractivity contribution in [2.45, 2.75) is 0 Å². The van der Waals surface area contributed by atoms with Crippen LogP contribution in [0.2, 0.25) is 0 Å². The third-order valence-electron chi connectivity index (χ3n) is 2.24. The predicted octanol–water partition coefficient (Wildman–Crippen LogP) is 1.38. The molecule has 0 fully saturated rings. The normalized spacial score (nSPS) is 16.7. The summed E-state index contributed by atoms with van der Waals surface area (Å²) < 4.78 is 0. The molecule has 0 aromatic heterocycles. The second kappa shape index (κ2) is 5.61. The van der Waals surface area contributed by atoms with Crippen LogP contribution in [0, 0.1) is 10.1 Å². The van der Waals surface area contributed by atoms with Gasteiger partial charge >= 0.3 is 0 Å². The lowest BCUT2D eigenvalue weighted by molar-refractivity contribution is -0.385. The molecule has 0 bridgehead atoms. The van der Waals surface area contributed by atoms with Crippen LogP contribution in [-0.2, 0) is 4.79 Å². The number of carbonyl (C=O) groups is 1. The van der Waals surface area contributed by atoms with Crippen molar-refractivity contribution in [3.63, 3.8) is 0 Å². The van der Waals surface area contributed by atoms with E-state index in [0.29, 0.717) is 0 Å². The highest BCUT2D eigenvalue weighted by Crippen LogP contribution is 2.15. The first-order valence-corrected chi connectivity index (χ1v) is 5.34. The number of nitro groups is 1. The van der Waals surface area contributed by atoms with E-state index in [4.69, 9.17) is 0 Å². The van der Waals surface area contributed by atoms with Gasteiger partial charge in [-0.1, -0.05) is 18.7 Å². The molecule has 20 heavy (non-hydrogen) atoms. The van der Waals surface area contributed by atoms with E-state index in [1.165, 1.54) is 18.3 Å². The zero-order valence-corrected chi connectivity index (χ0v) is 10.1. The summed E-state index contributed by atoms with van der Waals surface area (Å²) in [6, 6.07) is 6.04. The van der Waals surface area contributed by atoms with Gasteiger partial charge in [-0.2, -0.15) is 5.10 Å². The fraction of sp³-hybridized carbons (Fsp3) is 0. The highest BCUT2D eigenvalue weighted by Gasteiger charge is 2.14. The number of rotatable bonds is 3. The lowest BCUT2D eigenvalue weighted by Gasteiger charge is -2.05. The number of nitrogens with one attached hydrogen (secondary N) is 1. The molecule has 1 aromatic carbocycles. The number of para-hydroxylation sites is 1. The zero-order valence-electron chi connectivity index (χ0n) is 10.1. The number of hydrogen-bond acceptors (Lipinski definition) is 6. The molecule has 100 valence electrons. The maximum atomic E-state index is 11.2. The first kappa shape index (κ1) is 13.2. The van der Waals surface area contributed by atoms with Crippen molar-refractivity contribution >= 4 is 23.8 Å². The quantitative estimate of drug-likeness (QED) is 0.387. The molecule has 0 spiro atoms. The average Bonchev–Trinajstić information content (AvgIpc) is 2.43. The minimum absolute atomic E-state index is 0.0355. The van der Waals surface area contributed by atoms with Crippen molar-refractivity contribution in [3.05, 3.63) is 52.2 Å². The maximum Gasteiger partial charge on any atom is 0.278 e. The molecule has 0 aliphatic carbocycles. The van der Waals surface area contributed by atoms with Gasteiger partial charge in [0.05, 0.1) is 16.7 Å². The Hall–Kier alpha value is -3.23. The van der Waals surface area contributed by atoms with E-state index in [2.05, 4.69) is 32.3 Å². The Bertz CT molecular complexity index is 676. The SMILES string of the molecule is C=C1N=N/C(=N/N=C/c2ccccc2[N+](=O)[O-])NC1=O. The Morgan fingerprint density at radius 1 is 1.35 bits per heavy atom. The highest BCUT2D eigenvalue weighted by atomic mass is 16.6. The second-order valence-electron chi connectivity index (χ2n) is 3.58. The smallest absolute Gasteiger partial charge is 0.278 e. The van der Waals surface area contributed by atoms with Crippen LogP contribution >= 0.6 is 0 Å². The van der Waals surface area contributed by atoms with Crippen LogP contribution in [0.4, 0.5) is 5.69 Å². The summed E-state index contributed by atoms with van der Waals surface area (Å²) in [6.45, 7) is 3.35. The number of amides is 1. The standard InChI is InChI=1S/C11H8N6O3/c1-7-10(18)13-11(16-14-7)15-12-6-8-4-2-3-5-9(8)17(19)20/h2-6H,1H2,(H,13,15,18)/b12-6+. The van der Waals surface area contributed by atoms with Crippen molar-refractivity contribution in [3.8, 4) is 0 Å². The number of guanidine groups is 1. The monoisotopic (exact) mass is 272 g/mol. The molecule has 1 aromatic rings. The molecule has 0 saturated carbocycles. The summed E-state index contributed by atoms with van der Waals surface area (Å²) >= 11 is 0. The van der Waals surface area contributed by atoms with Crippen LogP contribution in [0.3, 0.4) is 0 Å². The lowest BCUT2D eigenvalue weighted by Crippen LogP contribution is -2.32. The summed E-state index contributed by atoms with van der Waals surface area (Å²) in [6.07, 6.45) is 1.19. The Balaban J connectivity index is 2.19. The third-order valence-corrected chi connectivity index (χ3v) is 2.24. The van der Waals surface area contributed by atoms with Crippen molar-refractivity contribution in [1.82, 2.24) is 5.32 Å². The molecule has 9 nitrogen and oxygen atoms in total. The van der Waals surface area contributed by atoms with Crippen LogP contribution in [0.1, 0.15) is 5.56 Å². The molecule has 1 N–H and O–H groups in total. The molecule has 0 radical (unpaired) electrons. The summed E-state index contributed by atoms with van der Waals surface area (Å²) in [5.41, 5.74) is 0.149. The molecular formula is C11H8N6O3. The molecule has 1 heterocycles. The van der Waals surface area contributed by atoms with Gasteiger partial charge in [0.15, 0.2) is 0 Å². The van der Waals surface area contributed by atoms with Crippen molar-refractivity contribution in [2.75, 3.05) is 0 Å². The Morgan fingerprint density at radius 2 is 2.10 bits per heavy atom. The number of hydrogen-bond donors (Lipinski definition) is 1. The number of nitrogens with zero attached hydrogens (tertiary/aromatic N) is 5. The van der Waals surface area contributed by atoms with Crippen molar-refractivity contribution < 1.29 is 9.72 Å². The van der Waals surface area contributed by atoms with Gasteiger partial charge in [-0.25, -0.2) is 0 Å². The lowest BCUT2D eigenvalue weighted by atomic mass is 10.2. The molecule has 2 rings (SSSR count). The molecule has 1 aliphatic rings. The van der Waals surface area contributed by atoms with Gasteiger partial charge in [0.25, 0.3) is 17.6 Å². The van der Waals surface area contributed by atoms with E-state index in [-0.39, 0.29) is 22.9 Å². The largest absolute Gasteiger partial charge is 0.286 e. The van der Waals surface area contributed by atoms with Crippen molar-refractivity contribution in [1.29, 1.82) is 0 Å². The van der Waals surface area contributed by atoms with Crippen LogP contribution in [-0.4, -0.2) is 23.0 Å². The maximum absolute atomic E-state index is 11.2. The van der Waals surface area contributed by atoms with E-state index in [1.54, 1.807) is 12.1 Å². The minimum Gasteiger partial charge on any atom is -0.286 e.